The highest BCUT2D eigenvalue weighted by atomic mass is 32.2. The minimum Gasteiger partial charge on any atom is -0.416 e. The van der Waals surface area contributed by atoms with Crippen LogP contribution in [0.1, 0.15) is 29.2 Å². The lowest BCUT2D eigenvalue weighted by atomic mass is 9.95. The van der Waals surface area contributed by atoms with E-state index in [2.05, 4.69) is 15.2 Å². The van der Waals surface area contributed by atoms with Crippen molar-refractivity contribution in [1.29, 1.82) is 0 Å². The highest BCUT2D eigenvalue weighted by Gasteiger charge is 2.38. The van der Waals surface area contributed by atoms with Crippen molar-refractivity contribution in [3.8, 4) is 0 Å². The lowest BCUT2D eigenvalue weighted by molar-refractivity contribution is -0.132. The van der Waals surface area contributed by atoms with Crippen molar-refractivity contribution >= 4 is 23.6 Å². The minimum atomic E-state index is -0.0579. The number of pyridine rings is 1. The number of piperidine rings is 1. The van der Waals surface area contributed by atoms with Gasteiger partial charge in [0.25, 0.3) is 11.1 Å². The molecule has 5 rings (SSSR count). The van der Waals surface area contributed by atoms with Crippen LogP contribution in [0.15, 0.2) is 34.0 Å². The molecule has 2 bridgehead atoms. The number of amides is 2. The zero-order valence-electron chi connectivity index (χ0n) is 15.1. The third-order valence-corrected chi connectivity index (χ3v) is 5.83. The summed E-state index contributed by atoms with van der Waals surface area (Å²) in [6.07, 6.45) is 3.59. The largest absolute Gasteiger partial charge is 0.416 e. The van der Waals surface area contributed by atoms with Crippen LogP contribution in [0.4, 0.5) is 0 Å². The molecule has 2 aromatic heterocycles. The molecular formula is C18H21N5O3S. The van der Waals surface area contributed by atoms with E-state index < -0.39 is 0 Å². The number of thioether (sulfide) groups is 1. The van der Waals surface area contributed by atoms with Gasteiger partial charge in [0.05, 0.1) is 5.75 Å². The number of aryl methyl sites for hydroxylation is 1. The molecule has 0 unspecified atom stereocenters. The minimum absolute atomic E-state index is 0.0499. The van der Waals surface area contributed by atoms with E-state index in [0.717, 1.165) is 12.8 Å². The maximum atomic E-state index is 12.8. The average Bonchev–Trinajstić information content (AvgIpc) is 2.91. The van der Waals surface area contributed by atoms with E-state index in [1.165, 1.54) is 11.8 Å². The summed E-state index contributed by atoms with van der Waals surface area (Å²) in [5.41, 5.74) is 0.457. The molecular weight excluding hydrogens is 366 g/mol. The number of aromatic nitrogens is 3. The monoisotopic (exact) mass is 387 g/mol. The van der Waals surface area contributed by atoms with Gasteiger partial charge in [-0.2, -0.15) is 0 Å². The Hall–Kier alpha value is -2.42. The zero-order valence-corrected chi connectivity index (χ0v) is 15.9. The average molecular weight is 387 g/mol. The van der Waals surface area contributed by atoms with Gasteiger partial charge in [0, 0.05) is 38.8 Å². The molecule has 27 heavy (non-hydrogen) atoms. The van der Waals surface area contributed by atoms with E-state index >= 15 is 0 Å². The van der Waals surface area contributed by atoms with Crippen molar-refractivity contribution in [1.82, 2.24) is 25.0 Å². The van der Waals surface area contributed by atoms with Crippen LogP contribution in [0.2, 0.25) is 0 Å². The van der Waals surface area contributed by atoms with Gasteiger partial charge in [-0.15, -0.1) is 10.2 Å². The van der Waals surface area contributed by atoms with Crippen molar-refractivity contribution in [2.45, 2.75) is 31.0 Å². The molecule has 9 heteroatoms. The Kier molecular flexibility index (Phi) is 5.11. The number of hydrogen-bond acceptors (Lipinski definition) is 7. The lowest BCUT2D eigenvalue weighted by Crippen LogP contribution is -2.48. The molecule has 0 spiro atoms. The van der Waals surface area contributed by atoms with Crippen molar-refractivity contribution in [2.75, 3.05) is 25.4 Å². The molecule has 0 radical (unpaired) electrons. The first-order valence-electron chi connectivity index (χ1n) is 9.03. The fraction of sp³-hybridized carbons (Fsp3) is 0.500. The number of hydrogen-bond donors (Lipinski definition) is 0. The molecule has 0 N–H and O–H groups in total. The fourth-order valence-corrected chi connectivity index (χ4v) is 4.44. The Morgan fingerprint density at radius 2 is 2.11 bits per heavy atom. The predicted molar refractivity (Wildman–Crippen MR) is 98.1 cm³/mol. The summed E-state index contributed by atoms with van der Waals surface area (Å²) in [5.74, 6) is 1.05. The van der Waals surface area contributed by atoms with Gasteiger partial charge in [0.1, 0.15) is 5.69 Å². The number of carbonyl (C=O) groups is 2. The van der Waals surface area contributed by atoms with Gasteiger partial charge >= 0.3 is 0 Å². The van der Waals surface area contributed by atoms with Crippen LogP contribution in [-0.4, -0.2) is 68.2 Å². The molecule has 5 heterocycles. The van der Waals surface area contributed by atoms with Gasteiger partial charge < -0.3 is 14.2 Å². The topological polar surface area (TPSA) is 92.4 Å². The Bertz CT molecular complexity index is 827. The predicted octanol–water partition coefficient (Wildman–Crippen LogP) is 1.63. The molecule has 2 atom stereocenters. The third kappa shape index (κ3) is 3.97. The lowest BCUT2D eigenvalue weighted by Gasteiger charge is -2.36. The summed E-state index contributed by atoms with van der Waals surface area (Å²) >= 11 is 1.26. The highest BCUT2D eigenvalue weighted by molar-refractivity contribution is 7.99. The smallest absolute Gasteiger partial charge is 0.277 e. The SMILES string of the molecule is Cc1nnc(SCC(=O)N2C[C@H]3CC[C@@H]2CN(C(=O)c2ccccn2)C3)o1. The first-order valence-corrected chi connectivity index (χ1v) is 10.0. The summed E-state index contributed by atoms with van der Waals surface area (Å²) in [6.45, 7) is 3.65. The zero-order chi connectivity index (χ0) is 18.8. The van der Waals surface area contributed by atoms with Crippen LogP contribution in [0.3, 0.4) is 0 Å². The summed E-state index contributed by atoms with van der Waals surface area (Å²) in [5, 5.41) is 8.10. The summed E-state index contributed by atoms with van der Waals surface area (Å²) < 4.78 is 5.32. The summed E-state index contributed by atoms with van der Waals surface area (Å²) in [6, 6.07) is 5.40. The molecule has 3 aliphatic rings. The van der Waals surface area contributed by atoms with Gasteiger partial charge in [-0.05, 0) is 30.9 Å². The first kappa shape index (κ1) is 18.0. The van der Waals surface area contributed by atoms with Crippen molar-refractivity contribution < 1.29 is 14.0 Å². The van der Waals surface area contributed by atoms with Crippen LogP contribution < -0.4 is 0 Å². The van der Waals surface area contributed by atoms with E-state index in [9.17, 15) is 9.59 Å². The second-order valence-corrected chi connectivity index (χ2v) is 7.87. The van der Waals surface area contributed by atoms with Crippen molar-refractivity contribution in [3.63, 3.8) is 0 Å². The Morgan fingerprint density at radius 1 is 1.22 bits per heavy atom. The maximum absolute atomic E-state index is 12.8. The molecule has 2 aromatic rings. The van der Waals surface area contributed by atoms with Crippen molar-refractivity contribution in [3.05, 3.63) is 36.0 Å². The Labute approximate surface area is 161 Å². The number of rotatable bonds is 4. The highest BCUT2D eigenvalue weighted by Crippen LogP contribution is 2.29. The third-order valence-electron chi connectivity index (χ3n) is 5.03. The molecule has 0 aliphatic carbocycles. The van der Waals surface area contributed by atoms with Crippen molar-refractivity contribution in [2.24, 2.45) is 5.92 Å². The molecule has 3 aliphatic heterocycles. The van der Waals surface area contributed by atoms with Gasteiger partial charge in [0.15, 0.2) is 0 Å². The van der Waals surface area contributed by atoms with Gasteiger partial charge in [-0.1, -0.05) is 17.8 Å². The number of fused-ring (bicyclic) bond motifs is 4. The number of carbonyl (C=O) groups excluding carboxylic acids is 2. The van der Waals surface area contributed by atoms with E-state index in [0.29, 0.717) is 42.4 Å². The molecule has 3 saturated heterocycles. The molecule has 0 aromatic carbocycles. The molecule has 2 amide bonds. The van der Waals surface area contributed by atoms with E-state index in [1.807, 2.05) is 15.9 Å². The van der Waals surface area contributed by atoms with E-state index in [1.54, 1.807) is 25.3 Å². The number of nitrogens with zero attached hydrogens (tertiary/aromatic N) is 5. The van der Waals surface area contributed by atoms with Crippen LogP contribution in [-0.2, 0) is 4.79 Å². The standard InChI is InChI=1S/C18H21N5O3S/c1-12-20-21-18(26-12)27-11-16(24)23-9-13-5-6-14(23)10-22(8-13)17(25)15-4-2-3-7-19-15/h2-4,7,13-14H,5-6,8-11H2,1H3/t13-,14+/m0/s1. The Morgan fingerprint density at radius 3 is 2.85 bits per heavy atom. The molecule has 3 fully saturated rings. The quantitative estimate of drug-likeness (QED) is 0.736. The van der Waals surface area contributed by atoms with Gasteiger partial charge in [0.2, 0.25) is 11.8 Å². The normalized spacial score (nSPS) is 22.0. The fourth-order valence-electron chi connectivity index (χ4n) is 3.75. The Balaban J connectivity index is 1.42. The first-order chi connectivity index (χ1) is 13.1. The molecule has 8 nitrogen and oxygen atoms in total. The second-order valence-electron chi connectivity index (χ2n) is 6.94. The van der Waals surface area contributed by atoms with Gasteiger partial charge in [-0.3, -0.25) is 14.6 Å². The van der Waals surface area contributed by atoms with Gasteiger partial charge in [-0.25, -0.2) is 0 Å². The molecule has 0 saturated carbocycles. The van der Waals surface area contributed by atoms with E-state index in [-0.39, 0.29) is 23.6 Å². The van der Waals surface area contributed by atoms with E-state index in [4.69, 9.17) is 4.42 Å². The second kappa shape index (κ2) is 7.67. The maximum Gasteiger partial charge on any atom is 0.277 e. The van der Waals surface area contributed by atoms with Crippen LogP contribution in [0, 0.1) is 12.8 Å². The molecule has 142 valence electrons. The summed E-state index contributed by atoms with van der Waals surface area (Å²) in [7, 11) is 0. The van der Waals surface area contributed by atoms with Crippen LogP contribution in [0.25, 0.3) is 0 Å². The van der Waals surface area contributed by atoms with Crippen LogP contribution >= 0.6 is 11.8 Å². The van der Waals surface area contributed by atoms with Crippen LogP contribution in [0.5, 0.6) is 0 Å². The summed E-state index contributed by atoms with van der Waals surface area (Å²) in [4.78, 5) is 33.5.